The van der Waals surface area contributed by atoms with Gasteiger partial charge < -0.3 is 15.4 Å². The lowest BCUT2D eigenvalue weighted by Crippen LogP contribution is -2.41. The highest BCUT2D eigenvalue weighted by atomic mass is 16.6. The van der Waals surface area contributed by atoms with Gasteiger partial charge in [0, 0.05) is 26.2 Å². The summed E-state index contributed by atoms with van der Waals surface area (Å²) in [5.74, 6) is 0. The Labute approximate surface area is 113 Å². The molecule has 0 aromatic carbocycles. The molecule has 1 amide bonds. The number of carbonyl (C=O) groups excluding carboxylic acids is 1. The number of rotatable bonds is 5. The molecule has 0 radical (unpaired) electrons. The third-order valence-corrected chi connectivity index (χ3v) is 2.39. The maximum absolute atomic E-state index is 11.5. The van der Waals surface area contributed by atoms with Crippen LogP contribution in [0.15, 0.2) is 6.20 Å². The number of nitrogens with zero attached hydrogens (tertiary/aromatic N) is 3. The van der Waals surface area contributed by atoms with Crippen LogP contribution in [0.25, 0.3) is 0 Å². The van der Waals surface area contributed by atoms with Crippen LogP contribution in [0.3, 0.4) is 0 Å². The van der Waals surface area contributed by atoms with Crippen molar-refractivity contribution in [2.45, 2.75) is 45.9 Å². The summed E-state index contributed by atoms with van der Waals surface area (Å²) in [4.78, 5) is 11.5. The van der Waals surface area contributed by atoms with Gasteiger partial charge in [0.2, 0.25) is 0 Å². The quantitative estimate of drug-likeness (QED) is 0.827. The van der Waals surface area contributed by atoms with Gasteiger partial charge in [0.15, 0.2) is 0 Å². The summed E-state index contributed by atoms with van der Waals surface area (Å²) in [7, 11) is 1.84. The minimum Gasteiger partial charge on any atom is -0.444 e. The maximum atomic E-state index is 11.5. The van der Waals surface area contributed by atoms with E-state index in [1.54, 1.807) is 10.9 Å². The zero-order valence-corrected chi connectivity index (χ0v) is 12.2. The second-order valence-electron chi connectivity index (χ2n) is 5.51. The molecule has 1 unspecified atom stereocenters. The number of carbonyl (C=O) groups is 1. The summed E-state index contributed by atoms with van der Waals surface area (Å²) in [5.41, 5.74) is 0.519. The predicted molar refractivity (Wildman–Crippen MR) is 71.5 cm³/mol. The van der Waals surface area contributed by atoms with E-state index >= 15 is 0 Å². The van der Waals surface area contributed by atoms with Crippen LogP contribution in [0, 0.1) is 0 Å². The van der Waals surface area contributed by atoms with Crippen molar-refractivity contribution in [2.24, 2.45) is 7.05 Å². The summed E-state index contributed by atoms with van der Waals surface area (Å²) in [5, 5.41) is 13.6. The van der Waals surface area contributed by atoms with Gasteiger partial charge in [0.1, 0.15) is 5.60 Å². The van der Waals surface area contributed by atoms with E-state index in [1.807, 2.05) is 34.7 Å². The Bertz CT molecular complexity index is 410. The lowest BCUT2D eigenvalue weighted by atomic mass is 10.2. The van der Waals surface area contributed by atoms with Crippen LogP contribution in [0.1, 0.15) is 33.4 Å². The molecule has 7 nitrogen and oxygen atoms in total. The fourth-order valence-electron chi connectivity index (χ4n) is 1.37. The van der Waals surface area contributed by atoms with Crippen molar-refractivity contribution in [1.82, 2.24) is 25.6 Å². The van der Waals surface area contributed by atoms with Gasteiger partial charge >= 0.3 is 6.09 Å². The lowest BCUT2D eigenvalue weighted by Gasteiger charge is -2.21. The van der Waals surface area contributed by atoms with Crippen molar-refractivity contribution in [2.75, 3.05) is 6.54 Å². The first-order chi connectivity index (χ1) is 8.78. The van der Waals surface area contributed by atoms with Crippen LogP contribution in [-0.4, -0.2) is 39.3 Å². The van der Waals surface area contributed by atoms with E-state index in [9.17, 15) is 4.79 Å². The highest BCUT2D eigenvalue weighted by molar-refractivity contribution is 5.67. The average molecular weight is 269 g/mol. The summed E-state index contributed by atoms with van der Waals surface area (Å²) >= 11 is 0. The number of aromatic nitrogens is 3. The van der Waals surface area contributed by atoms with Gasteiger partial charge in [0.05, 0.1) is 11.9 Å². The van der Waals surface area contributed by atoms with E-state index in [0.717, 1.165) is 5.69 Å². The molecule has 1 atom stereocenters. The molecular formula is C12H23N5O2. The topological polar surface area (TPSA) is 81.1 Å². The Hall–Kier alpha value is -1.63. The van der Waals surface area contributed by atoms with Crippen LogP contribution in [0.4, 0.5) is 4.79 Å². The summed E-state index contributed by atoms with van der Waals surface area (Å²) in [6.07, 6.45) is 1.31. The van der Waals surface area contributed by atoms with Crippen LogP contribution in [0.2, 0.25) is 0 Å². The first-order valence-electron chi connectivity index (χ1n) is 6.32. The van der Waals surface area contributed by atoms with Crippen molar-refractivity contribution < 1.29 is 9.53 Å². The molecule has 0 saturated heterocycles. The Morgan fingerprint density at radius 2 is 2.21 bits per heavy atom. The third kappa shape index (κ3) is 6.19. The molecule has 108 valence electrons. The molecule has 1 aromatic rings. The first-order valence-corrected chi connectivity index (χ1v) is 6.32. The fourth-order valence-corrected chi connectivity index (χ4v) is 1.37. The number of nitrogens with one attached hydrogen (secondary N) is 2. The highest BCUT2D eigenvalue weighted by Crippen LogP contribution is 2.06. The van der Waals surface area contributed by atoms with Crippen molar-refractivity contribution in [3.8, 4) is 0 Å². The first kappa shape index (κ1) is 15.4. The lowest BCUT2D eigenvalue weighted by molar-refractivity contribution is 0.0523. The van der Waals surface area contributed by atoms with E-state index in [2.05, 4.69) is 20.9 Å². The monoisotopic (exact) mass is 269 g/mol. The van der Waals surface area contributed by atoms with E-state index in [0.29, 0.717) is 13.1 Å². The Balaban J connectivity index is 2.23. The standard InChI is InChI=1S/C12H23N5O2/c1-9(6-14-11(18)19-12(2,3)4)13-7-10-8-15-16-17(10)5/h8-9,13H,6-7H2,1-5H3,(H,14,18). The van der Waals surface area contributed by atoms with Crippen LogP contribution >= 0.6 is 0 Å². The van der Waals surface area contributed by atoms with E-state index in [1.165, 1.54) is 0 Å². The number of alkyl carbamates (subject to hydrolysis) is 1. The smallest absolute Gasteiger partial charge is 0.407 e. The third-order valence-electron chi connectivity index (χ3n) is 2.39. The van der Waals surface area contributed by atoms with Gasteiger partial charge in [0.25, 0.3) is 0 Å². The molecule has 0 saturated carbocycles. The molecule has 0 aliphatic heterocycles. The average Bonchev–Trinajstić information content (AvgIpc) is 2.67. The van der Waals surface area contributed by atoms with Gasteiger partial charge in [-0.25, -0.2) is 4.79 Å². The second kappa shape index (κ2) is 6.51. The molecule has 1 heterocycles. The minimum atomic E-state index is -0.471. The number of aryl methyl sites for hydroxylation is 1. The molecule has 2 N–H and O–H groups in total. The molecule has 0 fully saturated rings. The summed E-state index contributed by atoms with van der Waals surface area (Å²) in [6.45, 7) is 8.65. The van der Waals surface area contributed by atoms with Crippen molar-refractivity contribution >= 4 is 6.09 Å². The largest absolute Gasteiger partial charge is 0.444 e. The second-order valence-corrected chi connectivity index (χ2v) is 5.51. The Morgan fingerprint density at radius 3 is 2.74 bits per heavy atom. The zero-order valence-electron chi connectivity index (χ0n) is 12.2. The maximum Gasteiger partial charge on any atom is 0.407 e. The van der Waals surface area contributed by atoms with Gasteiger partial charge in [-0.05, 0) is 27.7 Å². The molecule has 1 rings (SSSR count). The Kier molecular flexibility index (Phi) is 5.29. The molecule has 7 heteroatoms. The molecule has 19 heavy (non-hydrogen) atoms. The summed E-state index contributed by atoms with van der Waals surface area (Å²) < 4.78 is 6.87. The van der Waals surface area contributed by atoms with Crippen molar-refractivity contribution in [3.05, 3.63) is 11.9 Å². The Morgan fingerprint density at radius 1 is 1.53 bits per heavy atom. The van der Waals surface area contributed by atoms with Crippen molar-refractivity contribution in [3.63, 3.8) is 0 Å². The predicted octanol–water partition coefficient (Wildman–Crippen LogP) is 0.818. The molecule has 0 bridgehead atoms. The van der Waals surface area contributed by atoms with Gasteiger partial charge in [-0.15, -0.1) is 5.10 Å². The molecule has 0 spiro atoms. The van der Waals surface area contributed by atoms with Gasteiger partial charge in [-0.3, -0.25) is 4.68 Å². The molecular weight excluding hydrogens is 246 g/mol. The van der Waals surface area contributed by atoms with E-state index in [-0.39, 0.29) is 6.04 Å². The van der Waals surface area contributed by atoms with Gasteiger partial charge in [-0.1, -0.05) is 5.21 Å². The SMILES string of the molecule is CC(CNC(=O)OC(C)(C)C)NCc1cnnn1C. The number of hydrogen-bond donors (Lipinski definition) is 2. The normalized spacial score (nSPS) is 13.1. The molecule has 0 aliphatic carbocycles. The van der Waals surface area contributed by atoms with Gasteiger partial charge in [-0.2, -0.15) is 0 Å². The molecule has 1 aromatic heterocycles. The highest BCUT2D eigenvalue weighted by Gasteiger charge is 2.16. The van der Waals surface area contributed by atoms with E-state index < -0.39 is 11.7 Å². The number of amides is 1. The summed E-state index contributed by atoms with van der Waals surface area (Å²) in [6, 6.07) is 0.127. The van der Waals surface area contributed by atoms with Crippen LogP contribution in [0.5, 0.6) is 0 Å². The minimum absolute atomic E-state index is 0.127. The van der Waals surface area contributed by atoms with E-state index in [4.69, 9.17) is 4.74 Å². The zero-order chi connectivity index (χ0) is 14.5. The number of ether oxygens (including phenoxy) is 1. The number of hydrogen-bond acceptors (Lipinski definition) is 5. The van der Waals surface area contributed by atoms with Crippen molar-refractivity contribution in [1.29, 1.82) is 0 Å². The van der Waals surface area contributed by atoms with Crippen LogP contribution < -0.4 is 10.6 Å². The fraction of sp³-hybridized carbons (Fsp3) is 0.750. The van der Waals surface area contributed by atoms with Crippen LogP contribution in [-0.2, 0) is 18.3 Å². The molecule has 0 aliphatic rings.